The zero-order chi connectivity index (χ0) is 11.1. The Bertz CT molecular complexity index is 366. The van der Waals surface area contributed by atoms with E-state index in [2.05, 4.69) is 22.4 Å². The number of fused-ring (bicyclic) bond motifs is 1. The van der Waals surface area contributed by atoms with Crippen LogP contribution < -0.4 is 5.32 Å². The fraction of sp³-hybridized carbons (Fsp3) is 0.833. The van der Waals surface area contributed by atoms with Gasteiger partial charge in [-0.25, -0.2) is 0 Å². The van der Waals surface area contributed by atoms with Crippen LogP contribution in [0.1, 0.15) is 43.8 Å². The Morgan fingerprint density at radius 1 is 1.44 bits per heavy atom. The first-order valence-corrected chi connectivity index (χ1v) is 6.29. The summed E-state index contributed by atoms with van der Waals surface area (Å²) in [5.74, 6) is 4.06. The molecule has 4 nitrogen and oxygen atoms in total. The summed E-state index contributed by atoms with van der Waals surface area (Å²) in [6.45, 7) is 2.13. The van der Waals surface area contributed by atoms with Crippen molar-refractivity contribution < 1.29 is 4.52 Å². The van der Waals surface area contributed by atoms with Gasteiger partial charge in [-0.2, -0.15) is 4.98 Å². The van der Waals surface area contributed by atoms with Gasteiger partial charge in [-0.05, 0) is 38.6 Å². The molecule has 0 amide bonds. The van der Waals surface area contributed by atoms with E-state index in [-0.39, 0.29) is 0 Å². The van der Waals surface area contributed by atoms with Crippen LogP contribution in [0.5, 0.6) is 0 Å². The molecule has 3 unspecified atom stereocenters. The van der Waals surface area contributed by atoms with Crippen molar-refractivity contribution in [1.29, 1.82) is 0 Å². The second-order valence-electron chi connectivity index (χ2n) is 5.23. The zero-order valence-corrected chi connectivity index (χ0v) is 9.94. The normalized spacial score (nSPS) is 33.8. The smallest absolute Gasteiger partial charge is 0.230 e. The summed E-state index contributed by atoms with van der Waals surface area (Å²) < 4.78 is 5.38. The maximum atomic E-state index is 5.38. The minimum Gasteiger partial charge on any atom is -0.339 e. The second-order valence-corrected chi connectivity index (χ2v) is 5.23. The molecule has 2 fully saturated rings. The number of nitrogens with zero attached hydrogens (tertiary/aromatic N) is 2. The molecule has 0 bridgehead atoms. The average molecular weight is 221 g/mol. The minimum atomic E-state index is 0.407. The van der Waals surface area contributed by atoms with Crippen LogP contribution in [0.15, 0.2) is 4.52 Å². The van der Waals surface area contributed by atoms with Gasteiger partial charge in [-0.1, -0.05) is 11.6 Å². The van der Waals surface area contributed by atoms with Crippen molar-refractivity contribution in [3.8, 4) is 0 Å². The van der Waals surface area contributed by atoms with Crippen LogP contribution in [-0.2, 0) is 6.42 Å². The van der Waals surface area contributed by atoms with Gasteiger partial charge in [0.15, 0.2) is 5.82 Å². The Labute approximate surface area is 95.8 Å². The third kappa shape index (κ3) is 1.65. The van der Waals surface area contributed by atoms with E-state index >= 15 is 0 Å². The van der Waals surface area contributed by atoms with E-state index in [0.29, 0.717) is 12.0 Å². The number of hydrogen-bond acceptors (Lipinski definition) is 4. The van der Waals surface area contributed by atoms with Gasteiger partial charge in [0, 0.05) is 18.4 Å². The van der Waals surface area contributed by atoms with Gasteiger partial charge in [-0.3, -0.25) is 0 Å². The topological polar surface area (TPSA) is 51.0 Å². The lowest BCUT2D eigenvalue weighted by Crippen LogP contribution is -2.24. The molecule has 4 heteroatoms. The predicted molar refractivity (Wildman–Crippen MR) is 60.1 cm³/mol. The first kappa shape index (κ1) is 10.3. The fourth-order valence-electron chi connectivity index (χ4n) is 3.05. The van der Waals surface area contributed by atoms with E-state index in [1.165, 1.54) is 19.3 Å². The average Bonchev–Trinajstić information content (AvgIpc) is 2.74. The molecule has 0 aliphatic heterocycles. The zero-order valence-electron chi connectivity index (χ0n) is 9.94. The van der Waals surface area contributed by atoms with Crippen LogP contribution in [0.2, 0.25) is 0 Å². The Kier molecular flexibility index (Phi) is 2.46. The van der Waals surface area contributed by atoms with Crippen molar-refractivity contribution in [2.24, 2.45) is 11.8 Å². The Morgan fingerprint density at radius 3 is 2.88 bits per heavy atom. The lowest BCUT2D eigenvalue weighted by molar-refractivity contribution is 0.361. The van der Waals surface area contributed by atoms with Crippen LogP contribution in [0.4, 0.5) is 0 Å². The molecule has 0 aromatic carbocycles. The van der Waals surface area contributed by atoms with Crippen molar-refractivity contribution in [2.45, 2.75) is 44.6 Å². The molecule has 1 heterocycles. The van der Waals surface area contributed by atoms with Crippen LogP contribution >= 0.6 is 0 Å². The van der Waals surface area contributed by atoms with Gasteiger partial charge >= 0.3 is 0 Å². The molecule has 3 atom stereocenters. The molecule has 2 saturated carbocycles. The third-order valence-electron chi connectivity index (χ3n) is 4.16. The van der Waals surface area contributed by atoms with Gasteiger partial charge < -0.3 is 9.84 Å². The van der Waals surface area contributed by atoms with Crippen molar-refractivity contribution in [3.63, 3.8) is 0 Å². The monoisotopic (exact) mass is 221 g/mol. The van der Waals surface area contributed by atoms with Crippen LogP contribution in [-0.4, -0.2) is 23.2 Å². The van der Waals surface area contributed by atoms with E-state index in [9.17, 15) is 0 Å². The summed E-state index contributed by atoms with van der Waals surface area (Å²) in [5.41, 5.74) is 0. The van der Waals surface area contributed by atoms with Crippen molar-refractivity contribution in [2.75, 3.05) is 7.05 Å². The van der Waals surface area contributed by atoms with Crippen LogP contribution in [0, 0.1) is 11.8 Å². The lowest BCUT2D eigenvalue weighted by Gasteiger charge is -2.04. The number of aromatic nitrogens is 2. The molecular formula is C12H19N3O. The van der Waals surface area contributed by atoms with E-state index < -0.39 is 0 Å². The number of rotatable bonds is 4. The summed E-state index contributed by atoms with van der Waals surface area (Å²) >= 11 is 0. The largest absolute Gasteiger partial charge is 0.339 e. The molecule has 88 valence electrons. The van der Waals surface area contributed by atoms with Crippen LogP contribution in [0.3, 0.4) is 0 Å². The van der Waals surface area contributed by atoms with Crippen molar-refractivity contribution in [1.82, 2.24) is 15.5 Å². The van der Waals surface area contributed by atoms with E-state index in [1.54, 1.807) is 0 Å². The third-order valence-corrected chi connectivity index (χ3v) is 4.16. The summed E-state index contributed by atoms with van der Waals surface area (Å²) in [4.78, 5) is 4.52. The minimum absolute atomic E-state index is 0.407. The van der Waals surface area contributed by atoms with E-state index in [1.807, 2.05) is 7.05 Å². The summed E-state index contributed by atoms with van der Waals surface area (Å²) in [6.07, 6.45) is 4.96. The molecule has 0 saturated heterocycles. The van der Waals surface area contributed by atoms with E-state index in [0.717, 1.165) is 30.0 Å². The molecule has 1 aromatic heterocycles. The highest BCUT2D eigenvalue weighted by Gasteiger charge is 2.56. The van der Waals surface area contributed by atoms with Gasteiger partial charge in [0.2, 0.25) is 5.89 Å². The Morgan fingerprint density at radius 2 is 2.19 bits per heavy atom. The molecule has 2 aliphatic carbocycles. The molecule has 1 N–H and O–H groups in total. The van der Waals surface area contributed by atoms with Gasteiger partial charge in [0.25, 0.3) is 0 Å². The van der Waals surface area contributed by atoms with Gasteiger partial charge in [0.1, 0.15) is 0 Å². The van der Waals surface area contributed by atoms with Gasteiger partial charge in [0.05, 0.1) is 0 Å². The highest BCUT2D eigenvalue weighted by molar-refractivity contribution is 5.16. The summed E-state index contributed by atoms with van der Waals surface area (Å²) in [6, 6.07) is 0.407. The Balaban J connectivity index is 1.65. The fourth-order valence-corrected chi connectivity index (χ4v) is 3.05. The molecule has 3 rings (SSSR count). The van der Waals surface area contributed by atoms with Crippen LogP contribution in [0.25, 0.3) is 0 Å². The highest BCUT2D eigenvalue weighted by atomic mass is 16.5. The molecule has 0 radical (unpaired) electrons. The molecule has 16 heavy (non-hydrogen) atoms. The van der Waals surface area contributed by atoms with Crippen molar-refractivity contribution >= 4 is 0 Å². The van der Waals surface area contributed by atoms with E-state index in [4.69, 9.17) is 4.52 Å². The standard InChI is InChI=1S/C12H19N3O/c1-7(13-2)6-10-14-12(16-15-10)11-8-4-3-5-9(8)11/h7-9,11,13H,3-6H2,1-2H3. The molecule has 2 aliphatic rings. The highest BCUT2D eigenvalue weighted by Crippen LogP contribution is 2.62. The molecule has 1 aromatic rings. The second kappa shape index (κ2) is 3.84. The van der Waals surface area contributed by atoms with Crippen molar-refractivity contribution in [3.05, 3.63) is 11.7 Å². The lowest BCUT2D eigenvalue weighted by atomic mass is 10.1. The number of likely N-dealkylation sites (N-methyl/N-ethyl adjacent to an activating group) is 1. The van der Waals surface area contributed by atoms with Gasteiger partial charge in [-0.15, -0.1) is 0 Å². The Hall–Kier alpha value is -0.900. The molecule has 0 spiro atoms. The quantitative estimate of drug-likeness (QED) is 0.841. The predicted octanol–water partition coefficient (Wildman–Crippen LogP) is 1.73. The maximum absolute atomic E-state index is 5.38. The first-order chi connectivity index (χ1) is 7.79. The molecular weight excluding hydrogens is 202 g/mol. The maximum Gasteiger partial charge on any atom is 0.230 e. The summed E-state index contributed by atoms with van der Waals surface area (Å²) in [5, 5.41) is 7.25. The number of hydrogen-bond donors (Lipinski definition) is 1. The SMILES string of the molecule is CNC(C)Cc1noc(C2C3CCCC32)n1. The first-order valence-electron chi connectivity index (χ1n) is 6.29. The number of nitrogens with one attached hydrogen (secondary N) is 1. The summed E-state index contributed by atoms with van der Waals surface area (Å²) in [7, 11) is 1.96.